The summed E-state index contributed by atoms with van der Waals surface area (Å²) in [7, 11) is 0. The number of carbonyl (C=O) groups excluding carboxylic acids is 1. The molecule has 5 nitrogen and oxygen atoms in total. The maximum absolute atomic E-state index is 12.7. The first kappa shape index (κ1) is 29.1. The number of carbonyl (C=O) groups is 1. The average molecular weight is 511 g/mol. The molecule has 0 heterocycles. The van der Waals surface area contributed by atoms with Gasteiger partial charge in [-0.25, -0.2) is 0 Å². The van der Waals surface area contributed by atoms with E-state index in [9.17, 15) is 25.2 Å². The number of aliphatic hydroxyl groups is 3. The molecule has 0 aliphatic heterocycles. The summed E-state index contributed by atoms with van der Waals surface area (Å²) in [6.07, 6.45) is 5.04. The predicted molar refractivity (Wildman–Crippen MR) is 133 cm³/mol. The van der Waals surface area contributed by atoms with Crippen molar-refractivity contribution in [2.75, 3.05) is 0 Å². The van der Waals surface area contributed by atoms with Crippen LogP contribution in [-0.2, 0) is 4.79 Å². The Morgan fingerprint density at radius 3 is 2.17 bits per heavy atom. The number of hydrogen-bond donors (Lipinski definition) is 3. The molecule has 0 aromatic carbocycles. The van der Waals surface area contributed by atoms with Crippen LogP contribution in [0.4, 0.5) is 0 Å². The van der Waals surface area contributed by atoms with Crippen molar-refractivity contribution in [3.63, 3.8) is 0 Å². The minimum absolute atomic E-state index is 0. The van der Waals surface area contributed by atoms with Crippen LogP contribution in [0.3, 0.4) is 0 Å². The molecule has 5 aliphatic rings. The van der Waals surface area contributed by atoms with Gasteiger partial charge in [-0.1, -0.05) is 60.1 Å². The predicted octanol–water partition coefficient (Wildman–Crippen LogP) is 0.700. The van der Waals surface area contributed by atoms with E-state index in [1.165, 1.54) is 5.57 Å². The molecule has 3 N–H and O–H groups in total. The number of carboxylic acid groups (broad SMARTS) is 1. The van der Waals surface area contributed by atoms with Crippen molar-refractivity contribution in [1.82, 2.24) is 0 Å². The smallest absolute Gasteiger partial charge is 0.550 e. The van der Waals surface area contributed by atoms with Gasteiger partial charge in [0.25, 0.3) is 0 Å². The Balaban J connectivity index is 0.00000304. The second-order valence-electron chi connectivity index (χ2n) is 14.7. The summed E-state index contributed by atoms with van der Waals surface area (Å²) in [4.78, 5) is 12.7. The summed E-state index contributed by atoms with van der Waals surface area (Å²) in [5.41, 5.74) is -0.756. The summed E-state index contributed by atoms with van der Waals surface area (Å²) in [6.45, 7) is 15.5. The number of hydrogen-bond acceptors (Lipinski definition) is 5. The number of aliphatic hydroxyl groups excluding tert-OH is 3. The van der Waals surface area contributed by atoms with E-state index in [4.69, 9.17) is 0 Å². The molecule has 4 fully saturated rings. The first-order valence-electron chi connectivity index (χ1n) is 14.1. The van der Waals surface area contributed by atoms with Crippen LogP contribution >= 0.6 is 0 Å². The second-order valence-corrected chi connectivity index (χ2v) is 14.7. The molecule has 0 radical (unpaired) electrons. The first-order valence-corrected chi connectivity index (χ1v) is 14.1. The quantitative estimate of drug-likeness (QED) is 0.356. The Morgan fingerprint density at radius 1 is 0.917 bits per heavy atom. The van der Waals surface area contributed by atoms with E-state index in [1.54, 1.807) is 0 Å². The van der Waals surface area contributed by atoms with Gasteiger partial charge in [0.15, 0.2) is 0 Å². The normalized spacial score (nSPS) is 55.6. The fourth-order valence-corrected chi connectivity index (χ4v) is 10.9. The molecular formula is C30H47NaO5. The van der Waals surface area contributed by atoms with Gasteiger partial charge in [0.1, 0.15) is 6.10 Å². The Labute approximate surface area is 239 Å². The summed E-state index contributed by atoms with van der Waals surface area (Å²) < 4.78 is 0. The van der Waals surface area contributed by atoms with Crippen molar-refractivity contribution in [2.45, 2.75) is 112 Å². The van der Waals surface area contributed by atoms with Gasteiger partial charge in [0.05, 0.1) is 12.2 Å². The third-order valence-electron chi connectivity index (χ3n) is 13.5. The maximum Gasteiger partial charge on any atom is 1.00 e. The molecular weight excluding hydrogens is 463 g/mol. The van der Waals surface area contributed by atoms with Crippen molar-refractivity contribution < 1.29 is 54.8 Å². The zero-order valence-electron chi connectivity index (χ0n) is 23.8. The zero-order valence-corrected chi connectivity index (χ0v) is 25.8. The number of carboxylic acids is 1. The third-order valence-corrected chi connectivity index (χ3v) is 13.5. The Morgan fingerprint density at radius 2 is 1.56 bits per heavy atom. The Bertz CT molecular complexity index is 948. The molecule has 198 valence electrons. The van der Waals surface area contributed by atoms with Crippen LogP contribution in [0.1, 0.15) is 93.4 Å². The summed E-state index contributed by atoms with van der Waals surface area (Å²) >= 11 is 0. The average Bonchev–Trinajstić information content (AvgIpc) is 2.79. The molecule has 36 heavy (non-hydrogen) atoms. The molecule has 5 rings (SSSR count). The van der Waals surface area contributed by atoms with Crippen LogP contribution in [0.5, 0.6) is 0 Å². The van der Waals surface area contributed by atoms with Gasteiger partial charge in [-0.15, -0.1) is 0 Å². The molecule has 0 saturated heterocycles. The minimum atomic E-state index is -1.16. The van der Waals surface area contributed by atoms with Gasteiger partial charge in [-0.05, 0) is 90.8 Å². The third kappa shape index (κ3) is 3.25. The molecule has 0 aromatic rings. The van der Waals surface area contributed by atoms with E-state index in [-0.39, 0.29) is 64.1 Å². The standard InChI is InChI=1S/C30H48O5.Na/c1-16-10-13-30(25(34)35)15-14-27(5)18(21(30)17(16)2)8-9-20-28(27,6)12-11-19-26(3,4)23(32)22(31)24(33)29(19,20)7;/h8,16-17,19-24,31-33H,9-15H2,1-7H3,(H,34,35);/q;+1/p-1/t16-,17+,19+,20+,21+,22?,23+,24?,27-,28-,29+,30+;/m1./s1. The Kier molecular flexibility index (Phi) is 7.11. The van der Waals surface area contributed by atoms with Crippen molar-refractivity contribution in [3.8, 4) is 0 Å². The molecule has 12 atom stereocenters. The van der Waals surface area contributed by atoms with Crippen molar-refractivity contribution in [2.24, 2.45) is 56.7 Å². The number of aliphatic carboxylic acids is 1. The van der Waals surface area contributed by atoms with Crippen LogP contribution in [0.15, 0.2) is 11.6 Å². The zero-order chi connectivity index (χ0) is 25.9. The van der Waals surface area contributed by atoms with Crippen LogP contribution in [0.25, 0.3) is 0 Å². The van der Waals surface area contributed by atoms with E-state index >= 15 is 0 Å². The van der Waals surface area contributed by atoms with Crippen LogP contribution in [-0.4, -0.2) is 39.6 Å². The van der Waals surface area contributed by atoms with E-state index in [2.05, 4.69) is 40.7 Å². The van der Waals surface area contributed by atoms with Gasteiger partial charge >= 0.3 is 29.6 Å². The van der Waals surface area contributed by atoms with E-state index in [1.807, 2.05) is 13.8 Å². The second kappa shape index (κ2) is 8.80. The molecule has 5 aliphatic carbocycles. The van der Waals surface area contributed by atoms with Gasteiger partial charge in [0, 0.05) is 16.8 Å². The van der Waals surface area contributed by atoms with E-state index < -0.39 is 40.5 Å². The van der Waals surface area contributed by atoms with Crippen molar-refractivity contribution in [3.05, 3.63) is 11.6 Å². The van der Waals surface area contributed by atoms with Crippen LogP contribution < -0.4 is 34.7 Å². The summed E-state index contributed by atoms with van der Waals surface area (Å²) in [6, 6.07) is 0. The van der Waals surface area contributed by atoms with E-state index in [0.717, 1.165) is 32.1 Å². The molecule has 0 aromatic heterocycles. The first-order chi connectivity index (χ1) is 16.1. The molecule has 0 bridgehead atoms. The van der Waals surface area contributed by atoms with Gasteiger partial charge in [0.2, 0.25) is 0 Å². The van der Waals surface area contributed by atoms with Gasteiger partial charge < -0.3 is 25.2 Å². The Hall–Kier alpha value is 0.0900. The number of rotatable bonds is 1. The number of allylic oxidation sites excluding steroid dienone is 2. The van der Waals surface area contributed by atoms with E-state index in [0.29, 0.717) is 18.8 Å². The summed E-state index contributed by atoms with van der Waals surface area (Å²) in [5.74, 6) is 0.139. The monoisotopic (exact) mass is 510 g/mol. The molecule has 2 unspecified atom stereocenters. The van der Waals surface area contributed by atoms with Crippen LogP contribution in [0, 0.1) is 56.7 Å². The topological polar surface area (TPSA) is 101 Å². The molecule has 6 heteroatoms. The molecule has 4 saturated carbocycles. The summed E-state index contributed by atoms with van der Waals surface area (Å²) in [5, 5.41) is 46.1. The SMILES string of the molecule is C[C@H]1[C@H](C)CC[C@]2(C(=O)[O-])CC[C@]3(C)C(=CC[C@@H]4[C@@]5(C)C(O)C(O)[C@H](O)C(C)(C)[C@@H]5CC[C@]43C)[C@H]12.[Na+]. The molecule has 0 spiro atoms. The fraction of sp³-hybridized carbons (Fsp3) is 0.900. The largest absolute Gasteiger partial charge is 1.00 e. The fourth-order valence-electron chi connectivity index (χ4n) is 10.9. The van der Waals surface area contributed by atoms with Crippen LogP contribution in [0.2, 0.25) is 0 Å². The van der Waals surface area contributed by atoms with Crippen molar-refractivity contribution in [1.29, 1.82) is 0 Å². The van der Waals surface area contributed by atoms with Crippen molar-refractivity contribution >= 4 is 5.97 Å². The molecule has 0 amide bonds. The van der Waals surface area contributed by atoms with Gasteiger partial charge in [-0.2, -0.15) is 0 Å². The van der Waals surface area contributed by atoms with Gasteiger partial charge in [-0.3, -0.25) is 0 Å². The maximum atomic E-state index is 12.7. The number of fused-ring (bicyclic) bond motifs is 7. The minimum Gasteiger partial charge on any atom is -0.550 e.